The summed E-state index contributed by atoms with van der Waals surface area (Å²) in [6.07, 6.45) is 5.59. The molecule has 6 nitrogen and oxygen atoms in total. The third kappa shape index (κ3) is 3.02. The van der Waals surface area contributed by atoms with Crippen LogP contribution in [0.5, 0.6) is 5.75 Å². The Morgan fingerprint density at radius 2 is 2.28 bits per heavy atom. The number of carbonyl (C=O) groups excluding carboxylic acids is 1. The van der Waals surface area contributed by atoms with Crippen LogP contribution in [0, 0.1) is 0 Å². The van der Waals surface area contributed by atoms with Crippen LogP contribution in [0.2, 0.25) is 0 Å². The topological polar surface area (TPSA) is 65.4 Å². The molecule has 1 N–H and O–H groups in total. The number of nitrogens with one attached hydrogen (secondary N) is 1. The number of imidazole rings is 1. The molecule has 1 aromatic heterocycles. The third-order valence-electron chi connectivity index (χ3n) is 4.88. The summed E-state index contributed by atoms with van der Waals surface area (Å²) in [7, 11) is 0. The molecule has 4 rings (SSSR count). The normalized spacial score (nSPS) is 21.4. The molecule has 1 saturated heterocycles. The Hall–Kier alpha value is -2.34. The number of carbonyl (C=O) groups is 1. The molecule has 1 amide bonds. The van der Waals surface area contributed by atoms with Gasteiger partial charge in [0.05, 0.1) is 36.4 Å². The summed E-state index contributed by atoms with van der Waals surface area (Å²) in [5, 5.41) is 3.06. The molecule has 0 bridgehead atoms. The van der Waals surface area contributed by atoms with Crippen molar-refractivity contribution in [3.8, 4) is 17.0 Å². The maximum absolute atomic E-state index is 12.6. The van der Waals surface area contributed by atoms with Crippen molar-refractivity contribution < 1.29 is 14.3 Å². The quantitative estimate of drug-likeness (QED) is 0.912. The van der Waals surface area contributed by atoms with Crippen LogP contribution in [0.25, 0.3) is 11.3 Å². The Bertz CT molecular complexity index is 791. The van der Waals surface area contributed by atoms with Gasteiger partial charge in [-0.25, -0.2) is 4.98 Å². The van der Waals surface area contributed by atoms with Gasteiger partial charge >= 0.3 is 0 Å². The Balaban J connectivity index is 1.65. The van der Waals surface area contributed by atoms with E-state index >= 15 is 0 Å². The van der Waals surface area contributed by atoms with Crippen molar-refractivity contribution in [3.05, 3.63) is 36.3 Å². The molecule has 3 heterocycles. The lowest BCUT2D eigenvalue weighted by Gasteiger charge is -2.25. The van der Waals surface area contributed by atoms with Crippen LogP contribution >= 0.6 is 0 Å². The van der Waals surface area contributed by atoms with Crippen LogP contribution in [-0.2, 0) is 10.3 Å². The van der Waals surface area contributed by atoms with E-state index in [9.17, 15) is 4.79 Å². The van der Waals surface area contributed by atoms with E-state index in [1.807, 2.05) is 30.7 Å². The van der Waals surface area contributed by atoms with E-state index in [0.29, 0.717) is 18.8 Å². The molecule has 25 heavy (non-hydrogen) atoms. The highest BCUT2D eigenvalue weighted by Crippen LogP contribution is 2.37. The lowest BCUT2D eigenvalue weighted by Crippen LogP contribution is -2.40. The van der Waals surface area contributed by atoms with Gasteiger partial charge in [0.25, 0.3) is 5.91 Å². The summed E-state index contributed by atoms with van der Waals surface area (Å²) in [5.74, 6) is 0.706. The molecule has 132 valence electrons. The Morgan fingerprint density at radius 1 is 1.40 bits per heavy atom. The van der Waals surface area contributed by atoms with Crippen LogP contribution in [0.1, 0.15) is 37.0 Å². The second-order valence-electron chi connectivity index (χ2n) is 7.35. The zero-order chi connectivity index (χ0) is 17.4. The van der Waals surface area contributed by atoms with Gasteiger partial charge in [-0.15, -0.1) is 0 Å². The molecule has 6 heteroatoms. The van der Waals surface area contributed by atoms with Crippen molar-refractivity contribution in [2.24, 2.45) is 0 Å². The van der Waals surface area contributed by atoms with Crippen molar-refractivity contribution in [3.63, 3.8) is 0 Å². The highest BCUT2D eigenvalue weighted by Gasteiger charge is 2.29. The second kappa shape index (κ2) is 6.19. The predicted molar refractivity (Wildman–Crippen MR) is 93.8 cm³/mol. The number of ether oxygens (including phenoxy) is 2. The maximum Gasteiger partial charge on any atom is 0.251 e. The number of nitrogens with zero attached hydrogens (tertiary/aromatic N) is 2. The molecule has 0 radical (unpaired) electrons. The van der Waals surface area contributed by atoms with E-state index in [-0.39, 0.29) is 17.5 Å². The first kappa shape index (κ1) is 16.1. The van der Waals surface area contributed by atoms with Crippen molar-refractivity contribution >= 4 is 5.91 Å². The van der Waals surface area contributed by atoms with E-state index in [0.717, 1.165) is 36.5 Å². The van der Waals surface area contributed by atoms with Gasteiger partial charge in [0.2, 0.25) is 0 Å². The standard InChI is InChI=1S/C19H23N3O3/c1-19(2)11-25-17-6-5-13(8-15(17)16-9-20-12-22(16)19)18(23)21-14-4-3-7-24-10-14/h5-6,8-9,12,14H,3-4,7,10-11H2,1-2H3,(H,21,23)/t14-/m1/s1. The smallest absolute Gasteiger partial charge is 0.251 e. The highest BCUT2D eigenvalue weighted by molar-refractivity contribution is 5.96. The molecule has 1 fully saturated rings. The van der Waals surface area contributed by atoms with E-state index < -0.39 is 0 Å². The first-order chi connectivity index (χ1) is 12.0. The van der Waals surface area contributed by atoms with Crippen LogP contribution < -0.4 is 10.1 Å². The van der Waals surface area contributed by atoms with Crippen LogP contribution in [0.15, 0.2) is 30.7 Å². The van der Waals surface area contributed by atoms with Crippen LogP contribution in [0.3, 0.4) is 0 Å². The molecular formula is C19H23N3O3. The molecule has 1 atom stereocenters. The molecule has 0 spiro atoms. The van der Waals surface area contributed by atoms with Gasteiger partial charge in [0.15, 0.2) is 0 Å². The second-order valence-corrected chi connectivity index (χ2v) is 7.35. The van der Waals surface area contributed by atoms with Gasteiger partial charge in [-0.05, 0) is 44.9 Å². The average molecular weight is 341 g/mol. The number of rotatable bonds is 2. The van der Waals surface area contributed by atoms with Gasteiger partial charge in [-0.2, -0.15) is 0 Å². The zero-order valence-electron chi connectivity index (χ0n) is 14.6. The van der Waals surface area contributed by atoms with E-state index in [1.165, 1.54) is 0 Å². The number of fused-ring (bicyclic) bond motifs is 3. The predicted octanol–water partition coefficient (Wildman–Crippen LogP) is 2.59. The molecule has 2 aliphatic heterocycles. The van der Waals surface area contributed by atoms with Crippen molar-refractivity contribution in [2.45, 2.75) is 38.3 Å². The lowest BCUT2D eigenvalue weighted by molar-refractivity contribution is 0.0624. The molecule has 1 aromatic carbocycles. The number of aromatic nitrogens is 2. The first-order valence-electron chi connectivity index (χ1n) is 8.73. The van der Waals surface area contributed by atoms with Gasteiger partial charge < -0.3 is 19.4 Å². The van der Waals surface area contributed by atoms with Crippen molar-refractivity contribution in [1.82, 2.24) is 14.9 Å². The minimum atomic E-state index is -0.202. The molecule has 0 saturated carbocycles. The minimum absolute atomic E-state index is 0.0760. The summed E-state index contributed by atoms with van der Waals surface area (Å²) in [6, 6.07) is 5.67. The largest absolute Gasteiger partial charge is 0.490 e. The molecule has 0 aliphatic carbocycles. The van der Waals surface area contributed by atoms with Gasteiger partial charge in [0, 0.05) is 17.7 Å². The number of hydrogen-bond donors (Lipinski definition) is 1. The van der Waals surface area contributed by atoms with Crippen molar-refractivity contribution in [2.75, 3.05) is 19.8 Å². The highest BCUT2D eigenvalue weighted by atomic mass is 16.5. The fraction of sp³-hybridized carbons (Fsp3) is 0.474. The van der Waals surface area contributed by atoms with Gasteiger partial charge in [-0.3, -0.25) is 4.79 Å². The Kier molecular flexibility index (Phi) is 4.00. The molecule has 0 unspecified atom stereocenters. The molecular weight excluding hydrogens is 318 g/mol. The van der Waals surface area contributed by atoms with E-state index in [2.05, 4.69) is 28.7 Å². The average Bonchev–Trinajstić information content (AvgIpc) is 3.08. The van der Waals surface area contributed by atoms with Crippen molar-refractivity contribution in [1.29, 1.82) is 0 Å². The number of hydrogen-bond acceptors (Lipinski definition) is 4. The molecule has 2 aliphatic rings. The summed E-state index contributed by atoms with van der Waals surface area (Å²) in [5.41, 5.74) is 2.29. The van der Waals surface area contributed by atoms with Crippen LogP contribution in [0.4, 0.5) is 0 Å². The maximum atomic E-state index is 12.6. The lowest BCUT2D eigenvalue weighted by atomic mass is 10.0. The third-order valence-corrected chi connectivity index (χ3v) is 4.88. The fourth-order valence-corrected chi connectivity index (χ4v) is 3.42. The fourth-order valence-electron chi connectivity index (χ4n) is 3.42. The molecule has 2 aromatic rings. The minimum Gasteiger partial charge on any atom is -0.490 e. The monoisotopic (exact) mass is 341 g/mol. The van der Waals surface area contributed by atoms with E-state index in [1.54, 1.807) is 0 Å². The van der Waals surface area contributed by atoms with Gasteiger partial charge in [-0.1, -0.05) is 0 Å². The first-order valence-corrected chi connectivity index (χ1v) is 8.73. The SMILES string of the molecule is CC1(C)COc2ccc(C(=O)N[C@@H]3CCCOC3)cc2-c2cncn21. The Morgan fingerprint density at radius 3 is 3.08 bits per heavy atom. The van der Waals surface area contributed by atoms with E-state index in [4.69, 9.17) is 9.47 Å². The van der Waals surface area contributed by atoms with Gasteiger partial charge in [0.1, 0.15) is 12.4 Å². The summed E-state index contributed by atoms with van der Waals surface area (Å²) in [4.78, 5) is 16.9. The Labute approximate surface area is 147 Å². The summed E-state index contributed by atoms with van der Waals surface area (Å²) in [6.45, 7) is 6.14. The number of amides is 1. The summed E-state index contributed by atoms with van der Waals surface area (Å²) >= 11 is 0. The zero-order valence-corrected chi connectivity index (χ0v) is 14.6. The summed E-state index contributed by atoms with van der Waals surface area (Å²) < 4.78 is 13.5. The van der Waals surface area contributed by atoms with Crippen LogP contribution in [-0.4, -0.2) is 41.3 Å². The number of benzene rings is 1.